The molecule has 1 aliphatic rings. The second kappa shape index (κ2) is 10.1. The van der Waals surface area contributed by atoms with Crippen molar-refractivity contribution in [3.63, 3.8) is 0 Å². The summed E-state index contributed by atoms with van der Waals surface area (Å²) in [7, 11) is -2.21. The summed E-state index contributed by atoms with van der Waals surface area (Å²) >= 11 is 0. The van der Waals surface area contributed by atoms with E-state index in [9.17, 15) is 12.8 Å². The molecule has 8 nitrogen and oxygen atoms in total. The van der Waals surface area contributed by atoms with E-state index in [1.54, 1.807) is 37.4 Å². The average molecular weight is 525 g/mol. The number of ether oxygens (including phenoxy) is 3. The molecule has 0 spiro atoms. The number of nitrogens with zero attached hydrogens (tertiary/aromatic N) is 1. The number of hydrogen-bond acceptors (Lipinski definition) is 7. The van der Waals surface area contributed by atoms with Gasteiger partial charge in [-0.15, -0.1) is 0 Å². The van der Waals surface area contributed by atoms with Crippen molar-refractivity contribution in [1.82, 2.24) is 4.98 Å². The van der Waals surface area contributed by atoms with Crippen LogP contribution in [0.2, 0.25) is 0 Å². The van der Waals surface area contributed by atoms with Crippen LogP contribution in [0.15, 0.2) is 82.4 Å². The Morgan fingerprint density at radius 3 is 2.46 bits per heavy atom. The van der Waals surface area contributed by atoms with Gasteiger partial charge in [0.1, 0.15) is 23.0 Å². The first kappa shape index (κ1) is 25.1. The fourth-order valence-electron chi connectivity index (χ4n) is 4.51. The monoisotopic (exact) mass is 524 g/mol. The van der Waals surface area contributed by atoms with Crippen molar-refractivity contribution in [3.8, 4) is 34.1 Å². The molecule has 2 heterocycles. The minimum atomic E-state index is -3.83. The van der Waals surface area contributed by atoms with E-state index in [0.717, 1.165) is 0 Å². The lowest BCUT2D eigenvalue weighted by Crippen LogP contribution is -2.35. The molecule has 0 radical (unpaired) electrons. The van der Waals surface area contributed by atoms with Crippen LogP contribution in [-0.2, 0) is 25.1 Å². The second-order valence-corrected chi connectivity index (χ2v) is 10.2. The van der Waals surface area contributed by atoms with Gasteiger partial charge in [-0.25, -0.2) is 22.9 Å². The Hall–Kier alpha value is -3.57. The molecule has 5 rings (SSSR count). The largest absolute Gasteiger partial charge is 0.457 e. The molecule has 192 valence electrons. The molecule has 0 bridgehead atoms. The van der Waals surface area contributed by atoms with Crippen molar-refractivity contribution in [2.45, 2.75) is 23.3 Å². The quantitative estimate of drug-likeness (QED) is 0.352. The van der Waals surface area contributed by atoms with Crippen molar-refractivity contribution >= 4 is 10.0 Å². The number of oxazole rings is 1. The predicted molar refractivity (Wildman–Crippen MR) is 134 cm³/mol. The third kappa shape index (κ3) is 5.14. The maximum atomic E-state index is 14.7. The van der Waals surface area contributed by atoms with Gasteiger partial charge in [-0.1, -0.05) is 12.1 Å². The Morgan fingerprint density at radius 1 is 1.03 bits per heavy atom. The van der Waals surface area contributed by atoms with E-state index < -0.39 is 21.4 Å². The topological polar surface area (TPSA) is 114 Å². The summed E-state index contributed by atoms with van der Waals surface area (Å²) in [6.07, 6.45) is 2.51. The van der Waals surface area contributed by atoms with E-state index >= 15 is 0 Å². The first-order valence-corrected chi connectivity index (χ1v) is 13.1. The van der Waals surface area contributed by atoms with E-state index in [4.69, 9.17) is 23.8 Å². The zero-order chi connectivity index (χ0) is 26.0. The summed E-state index contributed by atoms with van der Waals surface area (Å²) < 4.78 is 61.1. The van der Waals surface area contributed by atoms with Crippen molar-refractivity contribution in [1.29, 1.82) is 0 Å². The fraction of sp³-hybridized carbons (Fsp3) is 0.222. The number of aromatic nitrogens is 1. The Labute approximate surface area is 213 Å². The number of para-hydroxylation sites is 1. The summed E-state index contributed by atoms with van der Waals surface area (Å²) in [4.78, 5) is 4.36. The highest BCUT2D eigenvalue weighted by atomic mass is 32.2. The van der Waals surface area contributed by atoms with Crippen LogP contribution >= 0.6 is 0 Å². The number of primary sulfonamides is 1. The SMILES string of the molecule is COC1(c2cc(F)cc(Oc3ccccc3-c3ncoc3-c3ccc(S(N)(=O)=O)cc3)c2)CCOCC1. The number of methoxy groups -OCH3 is 1. The third-order valence-corrected chi connectivity index (χ3v) is 7.40. The fourth-order valence-corrected chi connectivity index (χ4v) is 5.03. The van der Waals surface area contributed by atoms with Gasteiger partial charge in [0, 0.05) is 50.4 Å². The van der Waals surface area contributed by atoms with Crippen molar-refractivity contribution in [3.05, 3.63) is 84.5 Å². The van der Waals surface area contributed by atoms with E-state index in [0.29, 0.717) is 65.7 Å². The molecule has 10 heteroatoms. The van der Waals surface area contributed by atoms with Crippen LogP contribution in [0.5, 0.6) is 11.5 Å². The van der Waals surface area contributed by atoms with Gasteiger partial charge in [0.15, 0.2) is 12.2 Å². The Balaban J connectivity index is 1.50. The van der Waals surface area contributed by atoms with Crippen molar-refractivity contribution in [2.75, 3.05) is 20.3 Å². The molecule has 0 aliphatic carbocycles. The van der Waals surface area contributed by atoms with E-state index in [2.05, 4.69) is 4.98 Å². The normalized spacial score (nSPS) is 15.4. The van der Waals surface area contributed by atoms with Crippen LogP contribution in [-0.4, -0.2) is 33.7 Å². The van der Waals surface area contributed by atoms with Crippen molar-refractivity contribution in [2.24, 2.45) is 5.14 Å². The predicted octanol–water partition coefficient (Wildman–Crippen LogP) is 5.24. The molecule has 1 aliphatic heterocycles. The molecule has 0 unspecified atom stereocenters. The highest BCUT2D eigenvalue weighted by Gasteiger charge is 2.35. The zero-order valence-electron chi connectivity index (χ0n) is 20.0. The average Bonchev–Trinajstić information content (AvgIpc) is 3.38. The molecule has 2 N–H and O–H groups in total. The van der Waals surface area contributed by atoms with Gasteiger partial charge >= 0.3 is 0 Å². The van der Waals surface area contributed by atoms with Crippen LogP contribution in [0.3, 0.4) is 0 Å². The summed E-state index contributed by atoms with van der Waals surface area (Å²) in [6.45, 7) is 1.05. The van der Waals surface area contributed by atoms with Crippen LogP contribution < -0.4 is 9.88 Å². The number of halogens is 1. The van der Waals surface area contributed by atoms with Crippen LogP contribution in [0, 0.1) is 5.82 Å². The molecule has 1 fully saturated rings. The molecule has 1 saturated heterocycles. The van der Waals surface area contributed by atoms with Gasteiger partial charge in [0.2, 0.25) is 10.0 Å². The first-order chi connectivity index (χ1) is 17.8. The minimum absolute atomic E-state index is 0.0127. The maximum Gasteiger partial charge on any atom is 0.238 e. The van der Waals surface area contributed by atoms with Gasteiger partial charge in [0.25, 0.3) is 0 Å². The van der Waals surface area contributed by atoms with E-state index in [1.807, 2.05) is 12.1 Å². The summed E-state index contributed by atoms with van der Waals surface area (Å²) in [6, 6.07) is 17.7. The van der Waals surface area contributed by atoms with E-state index in [-0.39, 0.29) is 4.90 Å². The second-order valence-electron chi connectivity index (χ2n) is 8.68. The molecular weight excluding hydrogens is 499 g/mol. The van der Waals surface area contributed by atoms with Gasteiger partial charge < -0.3 is 18.6 Å². The highest BCUT2D eigenvalue weighted by Crippen LogP contribution is 2.41. The molecule has 0 saturated carbocycles. The number of nitrogens with two attached hydrogens (primary N) is 1. The lowest BCUT2D eigenvalue weighted by atomic mass is 9.86. The molecular formula is C27H25FN2O6S. The Bertz CT molecular complexity index is 1510. The molecule has 3 aromatic carbocycles. The standard InChI is InChI=1S/C27H25FN2O6S/c1-33-27(10-12-34-13-11-27)19-14-20(28)16-21(15-19)36-24-5-3-2-4-23(24)25-26(35-17-30-25)18-6-8-22(9-7-18)37(29,31)32/h2-9,14-17H,10-13H2,1H3,(H2,29,31,32). The van der Waals surface area contributed by atoms with Gasteiger partial charge in [0.05, 0.1) is 10.5 Å². The first-order valence-electron chi connectivity index (χ1n) is 11.6. The lowest BCUT2D eigenvalue weighted by Gasteiger charge is -2.36. The molecule has 4 aromatic rings. The van der Waals surface area contributed by atoms with E-state index in [1.165, 1.54) is 30.7 Å². The highest BCUT2D eigenvalue weighted by molar-refractivity contribution is 7.89. The number of rotatable bonds is 7. The van der Waals surface area contributed by atoms with Crippen LogP contribution in [0.1, 0.15) is 18.4 Å². The smallest absolute Gasteiger partial charge is 0.238 e. The minimum Gasteiger partial charge on any atom is -0.457 e. The van der Waals surface area contributed by atoms with Gasteiger partial charge in [-0.05, 0) is 54.1 Å². The number of benzene rings is 3. The summed E-state index contributed by atoms with van der Waals surface area (Å²) in [5.41, 5.74) is 1.72. The molecule has 37 heavy (non-hydrogen) atoms. The third-order valence-electron chi connectivity index (χ3n) is 6.47. The lowest BCUT2D eigenvalue weighted by molar-refractivity contribution is -0.0949. The van der Waals surface area contributed by atoms with Crippen molar-refractivity contribution < 1.29 is 31.4 Å². The van der Waals surface area contributed by atoms with Crippen LogP contribution in [0.4, 0.5) is 4.39 Å². The van der Waals surface area contributed by atoms with Crippen LogP contribution in [0.25, 0.3) is 22.6 Å². The molecule has 0 atom stereocenters. The van der Waals surface area contributed by atoms with Gasteiger partial charge in [-0.2, -0.15) is 0 Å². The Kier molecular flexibility index (Phi) is 6.82. The number of hydrogen-bond donors (Lipinski definition) is 1. The summed E-state index contributed by atoms with van der Waals surface area (Å²) in [5, 5.41) is 5.20. The number of sulfonamides is 1. The Morgan fingerprint density at radius 2 is 1.76 bits per heavy atom. The molecule has 0 amide bonds. The van der Waals surface area contributed by atoms with Gasteiger partial charge in [-0.3, -0.25) is 0 Å². The molecule has 1 aromatic heterocycles. The maximum absolute atomic E-state index is 14.7. The summed E-state index contributed by atoms with van der Waals surface area (Å²) in [5.74, 6) is 0.726. The zero-order valence-corrected chi connectivity index (χ0v) is 20.8.